The first-order chi connectivity index (χ1) is 19.5. The molecule has 0 radical (unpaired) electrons. The van der Waals surface area contributed by atoms with Gasteiger partial charge in [0.1, 0.15) is 0 Å². The average molecular weight is 569 g/mol. The number of hydrogen-bond donors (Lipinski definition) is 3. The monoisotopic (exact) mass is 568 g/mol. The van der Waals surface area contributed by atoms with E-state index in [1.54, 1.807) is 18.2 Å². The predicted molar refractivity (Wildman–Crippen MR) is 156 cm³/mol. The maximum atomic E-state index is 12.9. The molecule has 0 bridgehead atoms. The van der Waals surface area contributed by atoms with Crippen LogP contribution in [0.15, 0.2) is 24.3 Å². The van der Waals surface area contributed by atoms with Crippen LogP contribution in [0.1, 0.15) is 90.5 Å². The first kappa shape index (κ1) is 30.1. The molecule has 4 saturated carbocycles. The summed E-state index contributed by atoms with van der Waals surface area (Å²) in [6.07, 6.45) is 11.3. The quantitative estimate of drug-likeness (QED) is 0.197. The molecule has 7 heteroatoms. The Balaban J connectivity index is 1.21. The second-order valence-corrected chi connectivity index (χ2v) is 14.0. The fourth-order valence-corrected chi connectivity index (χ4v) is 9.94. The van der Waals surface area contributed by atoms with Crippen LogP contribution in [0.2, 0.25) is 0 Å². The number of carbonyl (C=O) groups is 2. The van der Waals surface area contributed by atoms with Crippen LogP contribution in [-0.4, -0.2) is 46.6 Å². The predicted octanol–water partition coefficient (Wildman–Crippen LogP) is 6.11. The van der Waals surface area contributed by atoms with Crippen molar-refractivity contribution < 1.29 is 34.4 Å². The third kappa shape index (κ3) is 5.69. The molecule has 5 rings (SSSR count). The van der Waals surface area contributed by atoms with Crippen LogP contribution in [0, 0.1) is 46.3 Å². The zero-order valence-corrected chi connectivity index (χ0v) is 25.1. The van der Waals surface area contributed by atoms with E-state index in [-0.39, 0.29) is 29.0 Å². The molecule has 4 aliphatic carbocycles. The molecule has 0 aromatic heterocycles. The zero-order chi connectivity index (χ0) is 29.5. The third-order valence-electron chi connectivity index (χ3n) is 12.0. The van der Waals surface area contributed by atoms with Crippen molar-refractivity contribution in [3.8, 4) is 11.5 Å². The lowest BCUT2D eigenvalue weighted by atomic mass is 9.43. The van der Waals surface area contributed by atoms with Gasteiger partial charge in [0.05, 0.1) is 19.3 Å². The summed E-state index contributed by atoms with van der Waals surface area (Å²) < 4.78 is 11.0. The summed E-state index contributed by atoms with van der Waals surface area (Å²) in [6, 6.07) is 4.98. The number of ether oxygens (including phenoxy) is 2. The van der Waals surface area contributed by atoms with Crippen molar-refractivity contribution in [3.63, 3.8) is 0 Å². The number of carbonyl (C=O) groups excluding carboxylic acids is 1. The summed E-state index contributed by atoms with van der Waals surface area (Å²) in [5.74, 6) is 2.08. The van der Waals surface area contributed by atoms with Gasteiger partial charge in [-0.05, 0) is 128 Å². The molecule has 4 aliphatic rings. The van der Waals surface area contributed by atoms with Gasteiger partial charge >= 0.3 is 11.9 Å². The lowest BCUT2D eigenvalue weighted by molar-refractivity contribution is -0.174. The molecule has 4 fully saturated rings. The molecule has 41 heavy (non-hydrogen) atoms. The fraction of sp³-hybridized carbons (Fsp3) is 0.706. The van der Waals surface area contributed by atoms with E-state index in [0.29, 0.717) is 59.0 Å². The van der Waals surface area contributed by atoms with E-state index in [0.717, 1.165) is 57.4 Å². The number of aliphatic hydroxyl groups excluding tert-OH is 2. The largest absolute Gasteiger partial charge is 0.493 e. The molecule has 10 atom stereocenters. The molecule has 0 aliphatic heterocycles. The van der Waals surface area contributed by atoms with E-state index in [2.05, 4.69) is 20.8 Å². The normalized spacial score (nSPS) is 38.9. The highest BCUT2D eigenvalue weighted by molar-refractivity contribution is 5.85. The molecule has 1 aromatic carbocycles. The summed E-state index contributed by atoms with van der Waals surface area (Å²) in [5, 5.41) is 30.7. The van der Waals surface area contributed by atoms with Crippen LogP contribution in [0.4, 0.5) is 0 Å². The molecular weight excluding hydrogens is 520 g/mol. The summed E-state index contributed by atoms with van der Waals surface area (Å²) in [6.45, 7) is 7.18. The van der Waals surface area contributed by atoms with Crippen LogP contribution in [0.5, 0.6) is 11.5 Å². The number of esters is 1. The van der Waals surface area contributed by atoms with Gasteiger partial charge in [0.25, 0.3) is 0 Å². The highest BCUT2D eigenvalue weighted by Gasteiger charge is 2.62. The molecule has 0 saturated heterocycles. The Morgan fingerprint density at radius 3 is 2.49 bits per heavy atom. The molecule has 0 spiro atoms. The van der Waals surface area contributed by atoms with E-state index in [1.165, 1.54) is 19.6 Å². The van der Waals surface area contributed by atoms with Gasteiger partial charge in [-0.25, -0.2) is 4.79 Å². The van der Waals surface area contributed by atoms with Crippen LogP contribution >= 0.6 is 0 Å². The standard InChI is InChI=1S/C34H48O7/c1-20(5-12-31(39)41-28-10-6-21(7-11-30(37)38)17-29(28)40-4)24-8-9-25-32-26(14-16-34(24,25)3)33(2)15-13-23(35)18-22(33)19-27(32)36/h6-7,10-11,17,20,22-27,32,35-36H,5,8-9,12-16,18-19H2,1-4H3,(H,37,38)/b11-7+/t20-,22?,23-,24-,25?,26?,27-,32?,33?,34?/m1/s1. The summed E-state index contributed by atoms with van der Waals surface area (Å²) >= 11 is 0. The van der Waals surface area contributed by atoms with Crippen LogP contribution in [-0.2, 0) is 9.59 Å². The molecule has 0 amide bonds. The van der Waals surface area contributed by atoms with E-state index >= 15 is 0 Å². The second kappa shape index (κ2) is 11.7. The van der Waals surface area contributed by atoms with Gasteiger partial charge in [-0.2, -0.15) is 0 Å². The Bertz CT molecular complexity index is 1160. The fourth-order valence-electron chi connectivity index (χ4n) is 9.94. The number of carboxylic acids is 1. The van der Waals surface area contributed by atoms with Crippen LogP contribution in [0.3, 0.4) is 0 Å². The smallest absolute Gasteiger partial charge is 0.328 e. The molecular formula is C34H48O7. The van der Waals surface area contributed by atoms with Gasteiger partial charge < -0.3 is 24.8 Å². The van der Waals surface area contributed by atoms with E-state index < -0.39 is 5.97 Å². The number of rotatable bonds is 8. The minimum Gasteiger partial charge on any atom is -0.493 e. The highest BCUT2D eigenvalue weighted by atomic mass is 16.6. The first-order valence-corrected chi connectivity index (χ1v) is 15.6. The Kier molecular flexibility index (Phi) is 8.60. The van der Waals surface area contributed by atoms with Crippen LogP contribution in [0.25, 0.3) is 6.08 Å². The minimum atomic E-state index is -1.04. The Hall–Kier alpha value is -2.38. The number of aliphatic hydroxyl groups is 2. The van der Waals surface area contributed by atoms with Crippen molar-refractivity contribution in [3.05, 3.63) is 29.8 Å². The van der Waals surface area contributed by atoms with Gasteiger partial charge in [-0.1, -0.05) is 26.8 Å². The van der Waals surface area contributed by atoms with Gasteiger partial charge in [0.2, 0.25) is 0 Å². The van der Waals surface area contributed by atoms with Gasteiger partial charge in [0, 0.05) is 12.5 Å². The van der Waals surface area contributed by atoms with Crippen molar-refractivity contribution in [2.75, 3.05) is 7.11 Å². The number of hydrogen-bond acceptors (Lipinski definition) is 6. The van der Waals surface area contributed by atoms with E-state index in [1.807, 2.05) is 0 Å². The second-order valence-electron chi connectivity index (χ2n) is 14.0. The van der Waals surface area contributed by atoms with Crippen molar-refractivity contribution in [2.24, 2.45) is 46.3 Å². The van der Waals surface area contributed by atoms with Gasteiger partial charge in [0.15, 0.2) is 11.5 Å². The number of aliphatic carboxylic acids is 1. The highest BCUT2D eigenvalue weighted by Crippen LogP contribution is 2.68. The molecule has 0 heterocycles. The molecule has 1 aromatic rings. The minimum absolute atomic E-state index is 0.172. The number of fused-ring (bicyclic) bond motifs is 5. The zero-order valence-electron chi connectivity index (χ0n) is 25.1. The SMILES string of the molecule is COc1cc(/C=C/C(=O)O)ccc1OC(=O)CC[C@@H](C)[C@H]1CCC2C3C(CCC21C)C1(C)CC[C@@H](O)CC1C[C@H]3O. The van der Waals surface area contributed by atoms with E-state index in [4.69, 9.17) is 14.6 Å². The average Bonchev–Trinajstić information content (AvgIpc) is 3.29. The molecule has 226 valence electrons. The van der Waals surface area contributed by atoms with Crippen molar-refractivity contribution in [1.29, 1.82) is 0 Å². The molecule has 3 N–H and O–H groups in total. The molecule has 7 nitrogen and oxygen atoms in total. The Morgan fingerprint density at radius 2 is 1.76 bits per heavy atom. The summed E-state index contributed by atoms with van der Waals surface area (Å²) in [4.78, 5) is 23.7. The number of benzene rings is 1. The first-order valence-electron chi connectivity index (χ1n) is 15.6. The van der Waals surface area contributed by atoms with Crippen molar-refractivity contribution >= 4 is 18.0 Å². The summed E-state index contributed by atoms with van der Waals surface area (Å²) in [7, 11) is 1.49. The summed E-state index contributed by atoms with van der Waals surface area (Å²) in [5.41, 5.74) is 1.04. The van der Waals surface area contributed by atoms with Crippen molar-refractivity contribution in [2.45, 2.75) is 97.2 Å². The number of carboxylic acid groups (broad SMARTS) is 1. The van der Waals surface area contributed by atoms with Gasteiger partial charge in [-0.3, -0.25) is 4.79 Å². The maximum Gasteiger partial charge on any atom is 0.328 e. The third-order valence-corrected chi connectivity index (χ3v) is 12.0. The Morgan fingerprint density at radius 1 is 1.02 bits per heavy atom. The lowest BCUT2D eigenvalue weighted by Crippen LogP contribution is -2.58. The molecule has 6 unspecified atom stereocenters. The van der Waals surface area contributed by atoms with Crippen molar-refractivity contribution in [1.82, 2.24) is 0 Å². The topological polar surface area (TPSA) is 113 Å². The Labute approximate surface area is 244 Å². The number of methoxy groups -OCH3 is 1. The van der Waals surface area contributed by atoms with E-state index in [9.17, 15) is 19.8 Å². The maximum absolute atomic E-state index is 12.9. The lowest BCUT2D eigenvalue weighted by Gasteiger charge is -2.62. The van der Waals surface area contributed by atoms with Gasteiger partial charge in [-0.15, -0.1) is 0 Å². The van der Waals surface area contributed by atoms with Crippen LogP contribution < -0.4 is 9.47 Å².